The lowest BCUT2D eigenvalue weighted by molar-refractivity contribution is -0.120. The minimum Gasteiger partial charge on any atom is -0.355 e. The van der Waals surface area contributed by atoms with Gasteiger partial charge in [-0.3, -0.25) is 4.79 Å². The van der Waals surface area contributed by atoms with Gasteiger partial charge in [0.25, 0.3) is 0 Å². The number of sulfonamides is 1. The molecule has 1 heterocycles. The predicted molar refractivity (Wildman–Crippen MR) is 97.5 cm³/mol. The summed E-state index contributed by atoms with van der Waals surface area (Å²) in [5, 5.41) is 2.62. The number of fused-ring (bicyclic) bond motifs is 1. The molecular formula is C19H21FN2O3S. The summed E-state index contributed by atoms with van der Waals surface area (Å²) in [7, 11) is -3.43. The molecule has 2 aromatic rings. The lowest BCUT2D eigenvalue weighted by Gasteiger charge is -2.28. The van der Waals surface area contributed by atoms with Gasteiger partial charge in [0.05, 0.1) is 12.2 Å². The molecule has 0 unspecified atom stereocenters. The van der Waals surface area contributed by atoms with E-state index >= 15 is 0 Å². The van der Waals surface area contributed by atoms with Gasteiger partial charge in [-0.25, -0.2) is 12.8 Å². The summed E-state index contributed by atoms with van der Waals surface area (Å²) >= 11 is 0. The van der Waals surface area contributed by atoms with E-state index < -0.39 is 10.0 Å². The number of carbonyl (C=O) groups is 1. The van der Waals surface area contributed by atoms with Crippen LogP contribution in [0.1, 0.15) is 16.7 Å². The number of hydrogen-bond acceptors (Lipinski definition) is 3. The van der Waals surface area contributed by atoms with Gasteiger partial charge in [0.15, 0.2) is 0 Å². The van der Waals surface area contributed by atoms with Crippen LogP contribution in [0.4, 0.5) is 4.39 Å². The van der Waals surface area contributed by atoms with Crippen molar-refractivity contribution in [3.8, 4) is 0 Å². The minimum absolute atomic E-state index is 0.0561. The van der Waals surface area contributed by atoms with Crippen molar-refractivity contribution in [1.82, 2.24) is 9.62 Å². The molecule has 0 spiro atoms. The van der Waals surface area contributed by atoms with Gasteiger partial charge >= 0.3 is 0 Å². The van der Waals surface area contributed by atoms with Crippen molar-refractivity contribution in [3.63, 3.8) is 0 Å². The molecule has 0 fully saturated rings. The average molecular weight is 376 g/mol. The molecule has 5 nitrogen and oxygen atoms in total. The largest absolute Gasteiger partial charge is 0.355 e. The molecule has 1 aliphatic rings. The Morgan fingerprint density at radius 2 is 1.77 bits per heavy atom. The van der Waals surface area contributed by atoms with Crippen molar-refractivity contribution >= 4 is 15.9 Å². The zero-order chi connectivity index (χ0) is 18.6. The van der Waals surface area contributed by atoms with E-state index in [9.17, 15) is 17.6 Å². The Kier molecular flexibility index (Phi) is 5.68. The van der Waals surface area contributed by atoms with Crippen LogP contribution in [0, 0.1) is 5.82 Å². The Morgan fingerprint density at radius 1 is 1.08 bits per heavy atom. The predicted octanol–water partition coefficient (Wildman–Crippen LogP) is 1.87. The second-order valence-electron chi connectivity index (χ2n) is 6.32. The van der Waals surface area contributed by atoms with Crippen LogP contribution in [-0.2, 0) is 34.2 Å². The summed E-state index contributed by atoms with van der Waals surface area (Å²) in [6, 6.07) is 13.5. The Bertz CT molecular complexity index is 882. The van der Waals surface area contributed by atoms with Crippen LogP contribution in [0.25, 0.3) is 0 Å². The maximum atomic E-state index is 12.9. The molecule has 2 aromatic carbocycles. The van der Waals surface area contributed by atoms with Gasteiger partial charge in [-0.2, -0.15) is 4.31 Å². The highest BCUT2D eigenvalue weighted by molar-refractivity contribution is 7.89. The van der Waals surface area contributed by atoms with E-state index in [-0.39, 0.29) is 30.4 Å². The number of rotatable bonds is 6. The quantitative estimate of drug-likeness (QED) is 0.837. The second-order valence-corrected chi connectivity index (χ2v) is 8.41. The van der Waals surface area contributed by atoms with E-state index in [2.05, 4.69) is 5.32 Å². The van der Waals surface area contributed by atoms with Gasteiger partial charge < -0.3 is 5.32 Å². The van der Waals surface area contributed by atoms with Gasteiger partial charge in [0.2, 0.25) is 15.9 Å². The number of hydrogen-bond donors (Lipinski definition) is 1. The first kappa shape index (κ1) is 18.5. The van der Waals surface area contributed by atoms with Crippen molar-refractivity contribution in [2.45, 2.75) is 19.4 Å². The fraction of sp³-hybridized carbons (Fsp3) is 0.316. The van der Waals surface area contributed by atoms with Crippen molar-refractivity contribution < 1.29 is 17.6 Å². The topological polar surface area (TPSA) is 66.5 Å². The van der Waals surface area contributed by atoms with E-state index in [1.54, 1.807) is 0 Å². The van der Waals surface area contributed by atoms with Crippen LogP contribution >= 0.6 is 0 Å². The van der Waals surface area contributed by atoms with Gasteiger partial charge in [-0.05, 0) is 35.2 Å². The molecule has 0 atom stereocenters. The molecule has 1 aliphatic heterocycles. The summed E-state index contributed by atoms with van der Waals surface area (Å²) in [5.41, 5.74) is 2.90. The van der Waals surface area contributed by atoms with Crippen LogP contribution in [-0.4, -0.2) is 37.5 Å². The number of halogens is 1. The molecule has 1 amide bonds. The van der Waals surface area contributed by atoms with Gasteiger partial charge in [0, 0.05) is 19.6 Å². The average Bonchev–Trinajstić information content (AvgIpc) is 2.63. The Hall–Kier alpha value is -2.25. The van der Waals surface area contributed by atoms with Gasteiger partial charge in [-0.15, -0.1) is 0 Å². The maximum Gasteiger partial charge on any atom is 0.224 e. The summed E-state index contributed by atoms with van der Waals surface area (Å²) in [6.45, 7) is 0.894. The zero-order valence-electron chi connectivity index (χ0n) is 14.3. The van der Waals surface area contributed by atoms with Crippen LogP contribution in [0.5, 0.6) is 0 Å². The smallest absolute Gasteiger partial charge is 0.224 e. The van der Waals surface area contributed by atoms with Crippen LogP contribution in [0.3, 0.4) is 0 Å². The lowest BCUT2D eigenvalue weighted by Crippen LogP contribution is -2.40. The molecule has 138 valence electrons. The Morgan fingerprint density at radius 3 is 2.50 bits per heavy atom. The third-order valence-corrected chi connectivity index (χ3v) is 6.27. The second kappa shape index (κ2) is 7.97. The number of benzene rings is 2. The number of nitrogens with zero attached hydrogens (tertiary/aromatic N) is 1. The molecule has 0 radical (unpaired) electrons. The molecule has 1 N–H and O–H groups in total. The van der Waals surface area contributed by atoms with E-state index in [4.69, 9.17) is 0 Å². The first-order chi connectivity index (χ1) is 12.4. The first-order valence-electron chi connectivity index (χ1n) is 8.50. The highest BCUT2D eigenvalue weighted by Gasteiger charge is 2.26. The molecule has 0 saturated heterocycles. The lowest BCUT2D eigenvalue weighted by atomic mass is 10.0. The van der Waals surface area contributed by atoms with Gasteiger partial charge in [-0.1, -0.05) is 36.4 Å². The zero-order valence-corrected chi connectivity index (χ0v) is 15.1. The molecule has 0 saturated carbocycles. The summed E-state index contributed by atoms with van der Waals surface area (Å²) < 4.78 is 39.3. The molecule has 7 heteroatoms. The van der Waals surface area contributed by atoms with Crippen molar-refractivity contribution in [3.05, 3.63) is 71.0 Å². The van der Waals surface area contributed by atoms with Crippen LogP contribution in [0.2, 0.25) is 0 Å². The highest BCUT2D eigenvalue weighted by atomic mass is 32.2. The third kappa shape index (κ3) is 4.68. The van der Waals surface area contributed by atoms with E-state index in [0.717, 1.165) is 5.56 Å². The standard InChI is InChI=1S/C19H21FN2O3S/c20-18-7-5-15(6-8-18)13-19(23)21-10-12-26(24,25)22-11-9-16-3-1-2-4-17(16)14-22/h1-8H,9-14H2,(H,21,23). The van der Waals surface area contributed by atoms with Crippen LogP contribution < -0.4 is 5.32 Å². The Labute approximate surface area is 152 Å². The molecular weight excluding hydrogens is 355 g/mol. The minimum atomic E-state index is -3.43. The summed E-state index contributed by atoms with van der Waals surface area (Å²) in [5.74, 6) is -0.774. The Balaban J connectivity index is 1.49. The molecule has 26 heavy (non-hydrogen) atoms. The SMILES string of the molecule is O=C(Cc1ccc(F)cc1)NCCS(=O)(=O)N1CCc2ccccc2C1. The molecule has 3 rings (SSSR count). The number of carbonyl (C=O) groups excluding carboxylic acids is 1. The van der Waals surface area contributed by atoms with E-state index in [1.807, 2.05) is 24.3 Å². The number of amides is 1. The molecule has 0 bridgehead atoms. The van der Waals surface area contributed by atoms with Crippen LogP contribution in [0.15, 0.2) is 48.5 Å². The fourth-order valence-electron chi connectivity index (χ4n) is 3.01. The van der Waals surface area contributed by atoms with Crippen molar-refractivity contribution in [2.75, 3.05) is 18.8 Å². The molecule has 0 aromatic heterocycles. The third-order valence-electron chi connectivity index (χ3n) is 4.45. The summed E-state index contributed by atoms with van der Waals surface area (Å²) in [6.07, 6.45) is 0.795. The van der Waals surface area contributed by atoms with E-state index in [0.29, 0.717) is 25.1 Å². The van der Waals surface area contributed by atoms with E-state index in [1.165, 1.54) is 34.1 Å². The van der Waals surface area contributed by atoms with Crippen molar-refractivity contribution in [1.29, 1.82) is 0 Å². The number of nitrogens with one attached hydrogen (secondary N) is 1. The van der Waals surface area contributed by atoms with Gasteiger partial charge in [0.1, 0.15) is 5.82 Å². The molecule has 0 aliphatic carbocycles. The monoisotopic (exact) mass is 376 g/mol. The highest BCUT2D eigenvalue weighted by Crippen LogP contribution is 2.20. The fourth-order valence-corrected chi connectivity index (χ4v) is 4.33. The first-order valence-corrected chi connectivity index (χ1v) is 10.1. The maximum absolute atomic E-state index is 12.9. The normalized spacial score (nSPS) is 14.7. The summed E-state index contributed by atoms with van der Waals surface area (Å²) in [4.78, 5) is 11.9. The van der Waals surface area contributed by atoms with Crippen molar-refractivity contribution in [2.24, 2.45) is 0 Å².